The van der Waals surface area contributed by atoms with Gasteiger partial charge >= 0.3 is 0 Å². The highest BCUT2D eigenvalue weighted by Gasteiger charge is 2.34. The molecule has 1 atom stereocenters. The fourth-order valence-corrected chi connectivity index (χ4v) is 2.57. The first kappa shape index (κ1) is 11.3. The topological polar surface area (TPSA) is 43.1 Å². The number of rotatable bonds is 2. The third-order valence-corrected chi connectivity index (χ3v) is 3.79. The number of benzene rings is 1. The van der Waals surface area contributed by atoms with Gasteiger partial charge in [-0.25, -0.2) is 0 Å². The molecule has 0 unspecified atom stereocenters. The molecule has 0 spiro atoms. The van der Waals surface area contributed by atoms with Crippen molar-refractivity contribution in [2.75, 3.05) is 0 Å². The molecule has 1 aromatic carbocycles. The molecule has 0 saturated heterocycles. The van der Waals surface area contributed by atoms with E-state index >= 15 is 0 Å². The Hall–Kier alpha value is -1.15. The first-order valence-corrected chi connectivity index (χ1v) is 5.97. The largest absolute Gasteiger partial charge is 0.321 e. The van der Waals surface area contributed by atoms with Crippen molar-refractivity contribution in [1.82, 2.24) is 0 Å². The van der Waals surface area contributed by atoms with Crippen molar-refractivity contribution in [1.29, 1.82) is 0 Å². The molecule has 0 bridgehead atoms. The first-order chi connectivity index (χ1) is 7.60. The van der Waals surface area contributed by atoms with Crippen LogP contribution in [0.25, 0.3) is 0 Å². The molecular formula is C14H19NO. The van der Waals surface area contributed by atoms with Gasteiger partial charge in [0, 0.05) is 18.4 Å². The molecule has 16 heavy (non-hydrogen) atoms. The summed E-state index contributed by atoms with van der Waals surface area (Å²) in [7, 11) is 0. The summed E-state index contributed by atoms with van der Waals surface area (Å²) >= 11 is 0. The van der Waals surface area contributed by atoms with Gasteiger partial charge in [-0.15, -0.1) is 0 Å². The van der Waals surface area contributed by atoms with Crippen molar-refractivity contribution >= 4 is 5.78 Å². The van der Waals surface area contributed by atoms with Crippen LogP contribution in [0.3, 0.4) is 0 Å². The van der Waals surface area contributed by atoms with Crippen molar-refractivity contribution in [3.63, 3.8) is 0 Å². The first-order valence-electron chi connectivity index (χ1n) is 5.97. The van der Waals surface area contributed by atoms with Gasteiger partial charge in [-0.1, -0.05) is 30.3 Å². The summed E-state index contributed by atoms with van der Waals surface area (Å²) in [5.41, 5.74) is 7.32. The molecule has 0 aromatic heterocycles. The molecule has 0 heterocycles. The van der Waals surface area contributed by atoms with Crippen LogP contribution in [0, 0.1) is 5.92 Å². The monoisotopic (exact) mass is 217 g/mol. The average Bonchev–Trinajstić information content (AvgIpc) is 2.31. The zero-order valence-corrected chi connectivity index (χ0v) is 9.78. The second-order valence-corrected chi connectivity index (χ2v) is 4.96. The Morgan fingerprint density at radius 1 is 1.19 bits per heavy atom. The molecule has 1 saturated carbocycles. The summed E-state index contributed by atoms with van der Waals surface area (Å²) in [5.74, 6) is 0.813. The third kappa shape index (κ3) is 2.17. The number of hydrogen-bond acceptors (Lipinski definition) is 2. The molecule has 0 amide bonds. The summed E-state index contributed by atoms with van der Waals surface area (Å²) in [6.45, 7) is 2.09. The number of carbonyl (C=O) groups is 1. The van der Waals surface area contributed by atoms with Crippen LogP contribution in [0.2, 0.25) is 0 Å². The number of carbonyl (C=O) groups excluding carboxylic acids is 1. The maximum atomic E-state index is 11.2. The summed E-state index contributed by atoms with van der Waals surface area (Å²) in [5, 5.41) is 0. The average molecular weight is 217 g/mol. The minimum absolute atomic E-state index is 0.304. The van der Waals surface area contributed by atoms with Gasteiger partial charge in [-0.05, 0) is 31.2 Å². The van der Waals surface area contributed by atoms with Gasteiger partial charge in [0.2, 0.25) is 0 Å². The van der Waals surface area contributed by atoms with Crippen molar-refractivity contribution in [2.45, 2.75) is 38.1 Å². The van der Waals surface area contributed by atoms with Gasteiger partial charge in [0.05, 0.1) is 0 Å². The van der Waals surface area contributed by atoms with Gasteiger partial charge in [0.1, 0.15) is 5.78 Å². The van der Waals surface area contributed by atoms with Gasteiger partial charge in [0.25, 0.3) is 0 Å². The number of hydrogen-bond donors (Lipinski definition) is 1. The van der Waals surface area contributed by atoms with E-state index in [0.29, 0.717) is 24.5 Å². The highest BCUT2D eigenvalue weighted by atomic mass is 16.1. The molecular weight excluding hydrogens is 198 g/mol. The standard InChI is InChI=1S/C14H19NO/c1-14(15,11-5-3-2-4-6-11)12-7-9-13(16)10-8-12/h2-6,12H,7-10,15H2,1H3/t14-/m0/s1. The molecule has 2 N–H and O–H groups in total. The minimum atomic E-state index is -0.304. The van der Waals surface area contributed by atoms with Crippen LogP contribution < -0.4 is 5.73 Å². The van der Waals surface area contributed by atoms with E-state index in [9.17, 15) is 4.79 Å². The zero-order chi connectivity index (χ0) is 11.6. The van der Waals surface area contributed by atoms with Crippen molar-refractivity contribution in [2.24, 2.45) is 11.7 Å². The van der Waals surface area contributed by atoms with Crippen LogP contribution in [-0.2, 0) is 10.3 Å². The fourth-order valence-electron chi connectivity index (χ4n) is 2.57. The maximum absolute atomic E-state index is 11.2. The van der Waals surface area contributed by atoms with E-state index in [2.05, 4.69) is 19.1 Å². The molecule has 86 valence electrons. The quantitative estimate of drug-likeness (QED) is 0.827. The van der Waals surface area contributed by atoms with Gasteiger partial charge in [0.15, 0.2) is 0 Å². The molecule has 2 rings (SSSR count). The zero-order valence-electron chi connectivity index (χ0n) is 9.78. The van der Waals surface area contributed by atoms with Gasteiger partial charge in [-0.2, -0.15) is 0 Å². The van der Waals surface area contributed by atoms with Crippen LogP contribution >= 0.6 is 0 Å². The molecule has 0 aliphatic heterocycles. The van der Waals surface area contributed by atoms with E-state index in [1.807, 2.05) is 18.2 Å². The molecule has 1 aromatic rings. The Balaban J connectivity index is 2.16. The molecule has 1 aliphatic carbocycles. The van der Waals surface area contributed by atoms with Crippen LogP contribution in [0.1, 0.15) is 38.2 Å². The Kier molecular flexibility index (Phi) is 3.10. The Morgan fingerprint density at radius 3 is 2.31 bits per heavy atom. The number of ketones is 1. The number of nitrogens with two attached hydrogens (primary N) is 1. The lowest BCUT2D eigenvalue weighted by molar-refractivity contribution is -0.121. The lowest BCUT2D eigenvalue weighted by Crippen LogP contribution is -2.42. The Labute approximate surface area is 96.8 Å². The second-order valence-electron chi connectivity index (χ2n) is 4.96. The maximum Gasteiger partial charge on any atom is 0.132 e. The normalized spacial score (nSPS) is 21.8. The lowest BCUT2D eigenvalue weighted by Gasteiger charge is -2.36. The van der Waals surface area contributed by atoms with Gasteiger partial charge < -0.3 is 5.73 Å². The molecule has 0 radical (unpaired) electrons. The van der Waals surface area contributed by atoms with Crippen molar-refractivity contribution < 1.29 is 4.79 Å². The Bertz CT molecular complexity index is 360. The SMILES string of the molecule is C[C@](N)(c1ccccc1)C1CCC(=O)CC1. The third-order valence-electron chi connectivity index (χ3n) is 3.79. The highest BCUT2D eigenvalue weighted by Crippen LogP contribution is 2.36. The number of Topliss-reactive ketones (excluding diaryl/α,β-unsaturated/α-hetero) is 1. The minimum Gasteiger partial charge on any atom is -0.321 e. The van der Waals surface area contributed by atoms with E-state index in [1.54, 1.807) is 0 Å². The second kappa shape index (κ2) is 4.38. The van der Waals surface area contributed by atoms with Crippen molar-refractivity contribution in [3.05, 3.63) is 35.9 Å². The smallest absolute Gasteiger partial charge is 0.132 e. The fraction of sp³-hybridized carbons (Fsp3) is 0.500. The van der Waals surface area contributed by atoms with Gasteiger partial charge in [-0.3, -0.25) is 4.79 Å². The molecule has 1 fully saturated rings. The van der Waals surface area contributed by atoms with E-state index in [4.69, 9.17) is 5.73 Å². The van der Waals surface area contributed by atoms with E-state index in [-0.39, 0.29) is 5.54 Å². The van der Waals surface area contributed by atoms with E-state index in [1.165, 1.54) is 5.56 Å². The van der Waals surface area contributed by atoms with Crippen LogP contribution in [-0.4, -0.2) is 5.78 Å². The van der Waals surface area contributed by atoms with Crippen LogP contribution in [0.4, 0.5) is 0 Å². The van der Waals surface area contributed by atoms with E-state index in [0.717, 1.165) is 12.8 Å². The predicted molar refractivity (Wildman–Crippen MR) is 64.9 cm³/mol. The predicted octanol–water partition coefficient (Wildman–Crippen LogP) is 2.62. The lowest BCUT2D eigenvalue weighted by atomic mass is 9.72. The summed E-state index contributed by atoms with van der Waals surface area (Å²) in [6, 6.07) is 10.2. The van der Waals surface area contributed by atoms with Crippen molar-refractivity contribution in [3.8, 4) is 0 Å². The van der Waals surface area contributed by atoms with Crippen LogP contribution in [0.5, 0.6) is 0 Å². The van der Waals surface area contributed by atoms with Crippen LogP contribution in [0.15, 0.2) is 30.3 Å². The molecule has 1 aliphatic rings. The van der Waals surface area contributed by atoms with E-state index < -0.39 is 0 Å². The Morgan fingerprint density at radius 2 is 1.75 bits per heavy atom. The molecule has 2 heteroatoms. The summed E-state index contributed by atoms with van der Waals surface area (Å²) in [4.78, 5) is 11.2. The highest BCUT2D eigenvalue weighted by molar-refractivity contribution is 5.79. The summed E-state index contributed by atoms with van der Waals surface area (Å²) < 4.78 is 0. The molecule has 2 nitrogen and oxygen atoms in total. The summed E-state index contributed by atoms with van der Waals surface area (Å²) in [6.07, 6.45) is 3.26.